The first kappa shape index (κ1) is 19.2. The van der Waals surface area contributed by atoms with Gasteiger partial charge in [0.15, 0.2) is 0 Å². The van der Waals surface area contributed by atoms with E-state index in [2.05, 4.69) is 15.5 Å². The highest BCUT2D eigenvalue weighted by Crippen LogP contribution is 2.36. The van der Waals surface area contributed by atoms with Crippen LogP contribution in [0.4, 0.5) is 0 Å². The third-order valence-electron chi connectivity index (χ3n) is 4.17. The van der Waals surface area contributed by atoms with Gasteiger partial charge in [-0.2, -0.15) is 5.10 Å². The van der Waals surface area contributed by atoms with Gasteiger partial charge >= 0.3 is 0 Å². The van der Waals surface area contributed by atoms with E-state index in [9.17, 15) is 0 Å². The summed E-state index contributed by atoms with van der Waals surface area (Å²) in [5, 5.41) is 21.2. The Bertz CT molecular complexity index is 809. The molecule has 6 nitrogen and oxygen atoms in total. The first-order valence-electron chi connectivity index (χ1n) is 7.60. The van der Waals surface area contributed by atoms with Crippen molar-refractivity contribution in [2.75, 3.05) is 0 Å². The fraction of sp³-hybridized carbons (Fsp3) is 0.235. The van der Waals surface area contributed by atoms with E-state index in [-0.39, 0.29) is 24.3 Å². The molecule has 1 unspecified atom stereocenters. The zero-order chi connectivity index (χ0) is 17.1. The van der Waals surface area contributed by atoms with Gasteiger partial charge in [-0.3, -0.25) is 15.6 Å². The molecule has 0 bridgehead atoms. The Hall–Kier alpha value is -2.15. The molecule has 8 heteroatoms. The van der Waals surface area contributed by atoms with Gasteiger partial charge in [-0.15, -0.1) is 12.4 Å². The second kappa shape index (κ2) is 8.29. The average Bonchev–Trinajstić information content (AvgIpc) is 2.59. The van der Waals surface area contributed by atoms with Crippen molar-refractivity contribution in [3.63, 3.8) is 0 Å². The van der Waals surface area contributed by atoms with Crippen LogP contribution in [0, 0.1) is 12.3 Å². The number of rotatable bonds is 2. The Kier molecular flexibility index (Phi) is 6.36. The molecule has 1 aromatic heterocycles. The van der Waals surface area contributed by atoms with Crippen LogP contribution in [0.2, 0.25) is 5.02 Å². The van der Waals surface area contributed by atoms with Crippen LogP contribution in [0.25, 0.3) is 0 Å². The Morgan fingerprint density at radius 3 is 2.80 bits per heavy atom. The number of hydroxylamine groups is 1. The van der Waals surface area contributed by atoms with Gasteiger partial charge < -0.3 is 0 Å². The van der Waals surface area contributed by atoms with E-state index in [0.29, 0.717) is 6.42 Å². The van der Waals surface area contributed by atoms with E-state index in [0.717, 1.165) is 39.5 Å². The topological polar surface area (TPSA) is 93.4 Å². The molecule has 0 spiro atoms. The van der Waals surface area contributed by atoms with Crippen molar-refractivity contribution in [2.24, 2.45) is 5.10 Å². The molecule has 1 aliphatic rings. The number of nitrogens with one attached hydrogen (secondary N) is 3. The number of halogens is 2. The quantitative estimate of drug-likeness (QED) is 0.365. The van der Waals surface area contributed by atoms with Gasteiger partial charge in [-0.25, -0.2) is 10.9 Å². The predicted molar refractivity (Wildman–Crippen MR) is 101 cm³/mol. The van der Waals surface area contributed by atoms with Crippen molar-refractivity contribution in [1.29, 1.82) is 5.41 Å². The van der Waals surface area contributed by atoms with Gasteiger partial charge in [-0.05, 0) is 48.9 Å². The molecular weight excluding hydrogens is 361 g/mol. The van der Waals surface area contributed by atoms with Gasteiger partial charge in [0, 0.05) is 16.8 Å². The maximum atomic E-state index is 8.74. The molecule has 3 rings (SSSR count). The lowest BCUT2D eigenvalue weighted by molar-refractivity contribution is 0.228. The van der Waals surface area contributed by atoms with Crippen LogP contribution >= 0.6 is 24.0 Å². The van der Waals surface area contributed by atoms with Crippen molar-refractivity contribution >= 4 is 35.7 Å². The van der Waals surface area contributed by atoms with E-state index in [1.54, 1.807) is 11.7 Å². The number of hydrazone groups is 1. The van der Waals surface area contributed by atoms with Gasteiger partial charge in [0.2, 0.25) is 5.96 Å². The molecule has 1 heterocycles. The highest BCUT2D eigenvalue weighted by Gasteiger charge is 2.28. The summed E-state index contributed by atoms with van der Waals surface area (Å²) in [7, 11) is 0. The molecule has 0 saturated heterocycles. The predicted octanol–water partition coefficient (Wildman–Crippen LogP) is 3.40. The summed E-state index contributed by atoms with van der Waals surface area (Å²) in [6.07, 6.45) is 3.26. The summed E-state index contributed by atoms with van der Waals surface area (Å²) in [5.74, 6) is -0.122. The summed E-state index contributed by atoms with van der Waals surface area (Å²) >= 11 is 6.36. The van der Waals surface area contributed by atoms with Crippen molar-refractivity contribution in [3.8, 4) is 0 Å². The number of hydrogen-bond donors (Lipinski definition) is 4. The molecule has 1 atom stereocenters. The van der Waals surface area contributed by atoms with E-state index in [1.807, 2.05) is 37.3 Å². The molecule has 0 aliphatic heterocycles. The fourth-order valence-corrected chi connectivity index (χ4v) is 3.37. The lowest BCUT2D eigenvalue weighted by Gasteiger charge is -2.27. The van der Waals surface area contributed by atoms with Crippen LogP contribution in [0.5, 0.6) is 0 Å². The summed E-state index contributed by atoms with van der Waals surface area (Å²) in [6, 6.07) is 9.74. The number of benzene rings is 1. The summed E-state index contributed by atoms with van der Waals surface area (Å²) in [4.78, 5) is 4.51. The monoisotopic (exact) mass is 379 g/mol. The third-order valence-corrected chi connectivity index (χ3v) is 4.51. The van der Waals surface area contributed by atoms with Crippen molar-refractivity contribution in [3.05, 3.63) is 63.9 Å². The minimum atomic E-state index is -0.287. The molecule has 132 valence electrons. The fourth-order valence-electron chi connectivity index (χ4n) is 3.08. The molecule has 2 aromatic rings. The molecule has 25 heavy (non-hydrogen) atoms. The summed E-state index contributed by atoms with van der Waals surface area (Å²) in [6.45, 7) is 2.02. The minimum Gasteiger partial charge on any atom is -0.288 e. The zero-order valence-electron chi connectivity index (χ0n) is 13.6. The molecular formula is C17H19Cl2N5O. The lowest BCUT2D eigenvalue weighted by atomic mass is 9.80. The van der Waals surface area contributed by atoms with Crippen LogP contribution in [0.15, 0.2) is 41.6 Å². The number of aromatic nitrogens is 1. The largest absolute Gasteiger partial charge is 0.288 e. The summed E-state index contributed by atoms with van der Waals surface area (Å²) in [5.41, 5.74) is 9.15. The SMILES string of the molecule is Cc1ccnc2c1C(=NNC(=N)NO)CC(c1ccccc1Cl)C2.Cl. The lowest BCUT2D eigenvalue weighted by Crippen LogP contribution is -2.32. The molecule has 0 fully saturated rings. The maximum absolute atomic E-state index is 8.74. The van der Waals surface area contributed by atoms with Gasteiger partial charge in [0.25, 0.3) is 0 Å². The smallest absolute Gasteiger partial charge is 0.233 e. The highest BCUT2D eigenvalue weighted by molar-refractivity contribution is 6.31. The minimum absolute atomic E-state index is 0. The van der Waals surface area contributed by atoms with Crippen LogP contribution in [0.1, 0.15) is 34.7 Å². The second-order valence-corrected chi connectivity index (χ2v) is 6.14. The Morgan fingerprint density at radius 1 is 1.32 bits per heavy atom. The van der Waals surface area contributed by atoms with Gasteiger partial charge in [0.05, 0.1) is 11.4 Å². The maximum Gasteiger partial charge on any atom is 0.233 e. The first-order valence-corrected chi connectivity index (χ1v) is 7.98. The normalized spacial score (nSPS) is 17.4. The van der Waals surface area contributed by atoms with Crippen LogP contribution in [-0.4, -0.2) is 21.9 Å². The van der Waals surface area contributed by atoms with E-state index < -0.39 is 0 Å². The summed E-state index contributed by atoms with van der Waals surface area (Å²) < 4.78 is 0. The highest BCUT2D eigenvalue weighted by atomic mass is 35.5. The Morgan fingerprint density at radius 2 is 2.08 bits per heavy atom. The third kappa shape index (κ3) is 4.10. The van der Waals surface area contributed by atoms with Gasteiger partial charge in [0.1, 0.15) is 0 Å². The number of pyridine rings is 1. The molecule has 0 radical (unpaired) electrons. The first-order chi connectivity index (χ1) is 11.6. The molecule has 0 saturated carbocycles. The van der Waals surface area contributed by atoms with E-state index in [1.165, 1.54) is 0 Å². The van der Waals surface area contributed by atoms with Gasteiger partial charge in [-0.1, -0.05) is 29.8 Å². The molecule has 4 N–H and O–H groups in total. The Labute approximate surface area is 157 Å². The molecule has 1 aromatic carbocycles. The standard InChI is InChI=1S/C17H18ClN5O.ClH/c1-10-6-7-20-14-8-11(12-4-2-3-5-13(12)18)9-15(16(10)14)21-22-17(19)23-24;/h2-7,11,24H,8-9H2,1H3,(H3,19,22,23);1H. The van der Waals surface area contributed by atoms with Crippen molar-refractivity contribution in [2.45, 2.75) is 25.7 Å². The zero-order valence-corrected chi connectivity index (χ0v) is 15.2. The van der Waals surface area contributed by atoms with Crippen molar-refractivity contribution < 1.29 is 5.21 Å². The number of fused-ring (bicyclic) bond motifs is 1. The number of nitrogens with zero attached hydrogens (tertiary/aromatic N) is 2. The number of aryl methyl sites for hydroxylation is 1. The van der Waals surface area contributed by atoms with E-state index in [4.69, 9.17) is 22.2 Å². The van der Waals surface area contributed by atoms with E-state index >= 15 is 0 Å². The van der Waals surface area contributed by atoms with Crippen molar-refractivity contribution in [1.82, 2.24) is 15.9 Å². The Balaban J connectivity index is 0.00000225. The number of hydrogen-bond acceptors (Lipinski definition) is 4. The van der Waals surface area contributed by atoms with Crippen LogP contribution in [-0.2, 0) is 6.42 Å². The molecule has 0 amide bonds. The average molecular weight is 380 g/mol. The second-order valence-electron chi connectivity index (χ2n) is 5.73. The molecule has 1 aliphatic carbocycles. The van der Waals surface area contributed by atoms with Crippen LogP contribution < -0.4 is 10.9 Å². The number of guanidine groups is 1. The van der Waals surface area contributed by atoms with Crippen LogP contribution in [0.3, 0.4) is 0 Å².